The van der Waals surface area contributed by atoms with E-state index in [-0.39, 0.29) is 0 Å². The molecule has 21 heavy (non-hydrogen) atoms. The van der Waals surface area contributed by atoms with E-state index in [0.29, 0.717) is 22.8 Å². The zero-order valence-corrected chi connectivity index (χ0v) is 14.1. The summed E-state index contributed by atoms with van der Waals surface area (Å²) < 4.78 is 6.33. The molecule has 0 saturated heterocycles. The Bertz CT molecular complexity index is 631. The molecule has 1 saturated carbocycles. The Labute approximate surface area is 137 Å². The molecule has 4 nitrogen and oxygen atoms in total. The molecule has 1 heterocycles. The Balaban J connectivity index is 1.84. The highest BCUT2D eigenvalue weighted by molar-refractivity contribution is 9.10. The summed E-state index contributed by atoms with van der Waals surface area (Å²) in [5.41, 5.74) is 0.902. The predicted molar refractivity (Wildman–Crippen MR) is 86.5 cm³/mol. The van der Waals surface area contributed by atoms with Crippen molar-refractivity contribution in [1.82, 2.24) is 15.5 Å². The summed E-state index contributed by atoms with van der Waals surface area (Å²) in [5.74, 6) is 1.67. The molecule has 6 heteroatoms. The lowest BCUT2D eigenvalue weighted by Crippen LogP contribution is -2.31. The molecule has 2 unspecified atom stereocenters. The van der Waals surface area contributed by atoms with Gasteiger partial charge in [0.2, 0.25) is 11.7 Å². The van der Waals surface area contributed by atoms with Gasteiger partial charge in [-0.05, 0) is 53.5 Å². The third kappa shape index (κ3) is 3.15. The predicted octanol–water partition coefficient (Wildman–Crippen LogP) is 4.40. The van der Waals surface area contributed by atoms with Crippen LogP contribution >= 0.6 is 27.5 Å². The number of benzene rings is 1. The monoisotopic (exact) mass is 369 g/mol. The minimum Gasteiger partial charge on any atom is -0.339 e. The quantitative estimate of drug-likeness (QED) is 0.866. The largest absolute Gasteiger partial charge is 0.339 e. The van der Waals surface area contributed by atoms with E-state index in [2.05, 4.69) is 38.3 Å². The molecule has 0 radical (unpaired) electrons. The molecule has 2 atom stereocenters. The molecule has 112 valence electrons. The van der Waals surface area contributed by atoms with E-state index in [0.717, 1.165) is 28.9 Å². The number of halogens is 2. The number of hydrogen-bond acceptors (Lipinski definition) is 4. The van der Waals surface area contributed by atoms with Crippen LogP contribution in [0.5, 0.6) is 0 Å². The van der Waals surface area contributed by atoms with Gasteiger partial charge < -0.3 is 9.84 Å². The van der Waals surface area contributed by atoms with E-state index in [1.54, 1.807) is 0 Å². The third-order valence-electron chi connectivity index (χ3n) is 3.92. The highest BCUT2D eigenvalue weighted by Crippen LogP contribution is 2.35. The second-order valence-corrected chi connectivity index (χ2v) is 6.55. The van der Waals surface area contributed by atoms with Crippen molar-refractivity contribution < 1.29 is 4.52 Å². The molecule has 0 aliphatic heterocycles. The van der Waals surface area contributed by atoms with Crippen LogP contribution in [0.2, 0.25) is 5.02 Å². The maximum Gasteiger partial charge on any atom is 0.231 e. The molecule has 3 rings (SSSR count). The van der Waals surface area contributed by atoms with Crippen LogP contribution in [0.25, 0.3) is 11.4 Å². The Hall–Kier alpha value is -0.910. The number of hydrogen-bond donors (Lipinski definition) is 1. The molecule has 1 N–H and O–H groups in total. The average molecular weight is 371 g/mol. The van der Waals surface area contributed by atoms with Gasteiger partial charge in [0.1, 0.15) is 0 Å². The van der Waals surface area contributed by atoms with Crippen molar-refractivity contribution in [2.24, 2.45) is 0 Å². The van der Waals surface area contributed by atoms with Crippen molar-refractivity contribution in [2.75, 3.05) is 6.54 Å². The van der Waals surface area contributed by atoms with Crippen LogP contribution in [0.1, 0.15) is 38.0 Å². The fourth-order valence-corrected chi connectivity index (χ4v) is 3.40. The number of aromatic nitrogens is 2. The number of nitrogens with one attached hydrogen (secondary N) is 1. The molecule has 0 amide bonds. The summed E-state index contributed by atoms with van der Waals surface area (Å²) in [5, 5.41) is 8.30. The summed E-state index contributed by atoms with van der Waals surface area (Å²) in [6.07, 6.45) is 3.47. The van der Waals surface area contributed by atoms with E-state index in [1.165, 1.54) is 12.8 Å². The van der Waals surface area contributed by atoms with Crippen LogP contribution in [-0.2, 0) is 0 Å². The molecule has 0 bridgehead atoms. The summed E-state index contributed by atoms with van der Waals surface area (Å²) in [6.45, 7) is 3.09. The summed E-state index contributed by atoms with van der Waals surface area (Å²) in [4.78, 5) is 4.58. The first-order chi connectivity index (χ1) is 10.2. The lowest BCUT2D eigenvalue weighted by Gasteiger charge is -2.16. The van der Waals surface area contributed by atoms with E-state index in [1.807, 2.05) is 18.2 Å². The summed E-state index contributed by atoms with van der Waals surface area (Å²) >= 11 is 9.43. The Morgan fingerprint density at radius 1 is 1.43 bits per heavy atom. The van der Waals surface area contributed by atoms with E-state index < -0.39 is 0 Å². The topological polar surface area (TPSA) is 51.0 Å². The first-order valence-corrected chi connectivity index (χ1v) is 8.38. The lowest BCUT2D eigenvalue weighted by atomic mass is 10.0. The first-order valence-electron chi connectivity index (χ1n) is 7.21. The van der Waals surface area contributed by atoms with Crippen molar-refractivity contribution in [3.8, 4) is 11.4 Å². The van der Waals surface area contributed by atoms with E-state index >= 15 is 0 Å². The van der Waals surface area contributed by atoms with Crippen molar-refractivity contribution >= 4 is 27.5 Å². The van der Waals surface area contributed by atoms with Gasteiger partial charge in [-0.15, -0.1) is 0 Å². The summed E-state index contributed by atoms with van der Waals surface area (Å²) in [7, 11) is 0. The highest BCUT2D eigenvalue weighted by atomic mass is 79.9. The van der Waals surface area contributed by atoms with Crippen LogP contribution in [-0.4, -0.2) is 22.7 Å². The van der Waals surface area contributed by atoms with Crippen LogP contribution in [0.4, 0.5) is 0 Å². The van der Waals surface area contributed by atoms with E-state index in [9.17, 15) is 0 Å². The van der Waals surface area contributed by atoms with Crippen LogP contribution < -0.4 is 5.32 Å². The molecule has 1 aliphatic carbocycles. The van der Waals surface area contributed by atoms with Crippen molar-refractivity contribution in [3.05, 3.63) is 33.6 Å². The van der Waals surface area contributed by atoms with Gasteiger partial charge in [0.15, 0.2) is 0 Å². The Kier molecular flexibility index (Phi) is 4.62. The van der Waals surface area contributed by atoms with Crippen LogP contribution in [0, 0.1) is 0 Å². The van der Waals surface area contributed by atoms with Crippen molar-refractivity contribution in [3.63, 3.8) is 0 Å². The molecular formula is C15H17BrClN3O. The third-order valence-corrected chi connectivity index (χ3v) is 5.13. The van der Waals surface area contributed by atoms with Crippen molar-refractivity contribution in [2.45, 2.75) is 38.1 Å². The van der Waals surface area contributed by atoms with Gasteiger partial charge in [-0.3, -0.25) is 0 Å². The second-order valence-electron chi connectivity index (χ2n) is 5.29. The minimum atomic E-state index is 0.321. The van der Waals surface area contributed by atoms with Crippen molar-refractivity contribution in [1.29, 1.82) is 0 Å². The van der Waals surface area contributed by atoms with Gasteiger partial charge in [-0.1, -0.05) is 30.1 Å². The fraction of sp³-hybridized carbons (Fsp3) is 0.467. The maximum atomic E-state index is 6.01. The van der Waals surface area contributed by atoms with Crippen LogP contribution in [0.3, 0.4) is 0 Å². The molecule has 1 fully saturated rings. The minimum absolute atomic E-state index is 0.321. The summed E-state index contributed by atoms with van der Waals surface area (Å²) in [6, 6.07) is 6.08. The number of nitrogens with zero attached hydrogens (tertiary/aromatic N) is 2. The van der Waals surface area contributed by atoms with Gasteiger partial charge >= 0.3 is 0 Å². The zero-order chi connectivity index (χ0) is 14.8. The van der Waals surface area contributed by atoms with Gasteiger partial charge in [0.05, 0.1) is 10.9 Å². The van der Waals surface area contributed by atoms with Crippen LogP contribution in [0.15, 0.2) is 27.2 Å². The highest BCUT2D eigenvalue weighted by Gasteiger charge is 2.32. The molecule has 2 aromatic rings. The van der Waals surface area contributed by atoms with Gasteiger partial charge in [0.25, 0.3) is 0 Å². The molecular weight excluding hydrogens is 354 g/mol. The smallest absolute Gasteiger partial charge is 0.231 e. The average Bonchev–Trinajstić information content (AvgIpc) is 3.10. The van der Waals surface area contributed by atoms with Gasteiger partial charge in [-0.2, -0.15) is 4.98 Å². The SMILES string of the molecule is CCNC1CCCC1c1nc(-c2ccc(Cl)c(Br)c2)no1. The molecule has 1 aromatic heterocycles. The molecule has 1 aliphatic rings. The molecule has 0 spiro atoms. The van der Waals surface area contributed by atoms with E-state index in [4.69, 9.17) is 16.1 Å². The fourth-order valence-electron chi connectivity index (χ4n) is 2.90. The van der Waals surface area contributed by atoms with Gasteiger partial charge in [0, 0.05) is 16.1 Å². The number of rotatable bonds is 4. The normalized spacial score (nSPS) is 21.9. The molecule has 1 aromatic carbocycles. The Morgan fingerprint density at radius 2 is 2.29 bits per heavy atom. The standard InChI is InChI=1S/C15H17BrClN3O/c1-2-18-13-5-3-4-10(13)15-19-14(20-21-15)9-6-7-12(17)11(16)8-9/h6-8,10,13,18H,2-5H2,1H3. The number of likely N-dealkylation sites (N-methyl/N-ethyl adjacent to an activating group) is 1. The lowest BCUT2D eigenvalue weighted by molar-refractivity contribution is 0.332. The Morgan fingerprint density at radius 3 is 3.05 bits per heavy atom. The zero-order valence-electron chi connectivity index (χ0n) is 11.8. The first kappa shape index (κ1) is 15.0. The second kappa shape index (κ2) is 6.46. The maximum absolute atomic E-state index is 6.01. The van der Waals surface area contributed by atoms with Gasteiger partial charge in [-0.25, -0.2) is 0 Å².